The fraction of sp³-hybridized carbons (Fsp3) is 0.565. The molecular formula is C23H29F3N4O3S. The Balaban J connectivity index is 1.37. The number of hydrogen-bond acceptors (Lipinski definition) is 6. The largest absolute Gasteiger partial charge is 0.378 e. The summed E-state index contributed by atoms with van der Waals surface area (Å²) in [7, 11) is -4.71. The summed E-state index contributed by atoms with van der Waals surface area (Å²) >= 11 is 0. The van der Waals surface area contributed by atoms with E-state index in [1.54, 1.807) is 24.4 Å². The van der Waals surface area contributed by atoms with Crippen molar-refractivity contribution in [3.05, 3.63) is 54.0 Å². The van der Waals surface area contributed by atoms with Gasteiger partial charge in [0.1, 0.15) is 5.82 Å². The molecule has 2 aromatic rings. The van der Waals surface area contributed by atoms with Crippen LogP contribution in [0.1, 0.15) is 43.6 Å². The molecule has 1 aliphatic heterocycles. The number of nitrogens with one attached hydrogen (secondary N) is 1. The zero-order valence-electron chi connectivity index (χ0n) is 18.7. The zero-order chi connectivity index (χ0) is 24.1. The van der Waals surface area contributed by atoms with Gasteiger partial charge in [0.05, 0.1) is 12.7 Å². The van der Waals surface area contributed by atoms with Gasteiger partial charge in [0, 0.05) is 31.2 Å². The number of sulfonamides is 1. The van der Waals surface area contributed by atoms with Crippen molar-refractivity contribution in [2.75, 3.05) is 24.6 Å². The minimum absolute atomic E-state index is 0.0101. The molecule has 186 valence electrons. The number of benzene rings is 1. The highest BCUT2D eigenvalue weighted by Crippen LogP contribution is 2.35. The Morgan fingerprint density at radius 2 is 1.91 bits per heavy atom. The second-order valence-electron chi connectivity index (χ2n) is 8.97. The molecule has 0 bridgehead atoms. The third-order valence-electron chi connectivity index (χ3n) is 6.71. The van der Waals surface area contributed by atoms with Gasteiger partial charge < -0.3 is 9.64 Å². The standard InChI is InChI=1S/C23H29F3N4O3S/c24-19-4-1-3-17(13-19)16-6-8-20(9-7-16)33-15-18-14-30(22-5-2-11-27-28-22)12-10-21(18)29-34(31,32)23(25)26/h1-5,11,13,16,18,20-21,23,29H,6-10,12,14-15H2. The molecule has 1 aromatic carbocycles. The number of aromatic nitrogens is 2. The number of nitrogens with zero attached hydrogens (tertiary/aromatic N) is 3. The second kappa shape index (κ2) is 11.0. The van der Waals surface area contributed by atoms with Crippen molar-refractivity contribution in [1.82, 2.24) is 14.9 Å². The van der Waals surface area contributed by atoms with E-state index >= 15 is 0 Å². The molecule has 1 saturated carbocycles. The molecule has 1 N–H and O–H groups in total. The fourth-order valence-electron chi connectivity index (χ4n) is 4.87. The van der Waals surface area contributed by atoms with Gasteiger partial charge in [-0.2, -0.15) is 13.9 Å². The summed E-state index contributed by atoms with van der Waals surface area (Å²) in [6.07, 6.45) is 5.24. The highest BCUT2D eigenvalue weighted by molar-refractivity contribution is 7.89. The van der Waals surface area contributed by atoms with Crippen LogP contribution in [0.15, 0.2) is 42.6 Å². The number of ether oxygens (including phenoxy) is 1. The molecule has 7 nitrogen and oxygen atoms in total. The molecule has 1 aliphatic carbocycles. The first-order valence-electron chi connectivity index (χ1n) is 11.5. The maximum absolute atomic E-state index is 13.6. The zero-order valence-corrected chi connectivity index (χ0v) is 19.5. The lowest BCUT2D eigenvalue weighted by molar-refractivity contribution is -0.00229. The van der Waals surface area contributed by atoms with E-state index in [0.717, 1.165) is 31.2 Å². The first-order chi connectivity index (χ1) is 16.3. The molecule has 2 aliphatic rings. The Kier molecular flexibility index (Phi) is 8.05. The highest BCUT2D eigenvalue weighted by atomic mass is 32.2. The summed E-state index contributed by atoms with van der Waals surface area (Å²) < 4.78 is 71.5. The smallest absolute Gasteiger partial charge is 0.350 e. The van der Waals surface area contributed by atoms with Crippen LogP contribution in [0.4, 0.5) is 19.0 Å². The normalized spacial score (nSPS) is 26.1. The quantitative estimate of drug-likeness (QED) is 0.598. The van der Waals surface area contributed by atoms with Crippen LogP contribution < -0.4 is 9.62 Å². The summed E-state index contributed by atoms with van der Waals surface area (Å²) in [5.74, 6) is -3.12. The third-order valence-corrected chi connectivity index (χ3v) is 7.81. The number of hydrogen-bond donors (Lipinski definition) is 1. The summed E-state index contributed by atoms with van der Waals surface area (Å²) in [6, 6.07) is 9.59. The van der Waals surface area contributed by atoms with E-state index < -0.39 is 21.8 Å². The van der Waals surface area contributed by atoms with Gasteiger partial charge in [-0.3, -0.25) is 0 Å². The molecule has 1 saturated heterocycles. The van der Waals surface area contributed by atoms with Crippen molar-refractivity contribution in [2.45, 2.75) is 55.9 Å². The molecule has 2 atom stereocenters. The number of anilines is 1. The fourth-order valence-corrected chi connectivity index (χ4v) is 5.71. The predicted molar refractivity (Wildman–Crippen MR) is 122 cm³/mol. The van der Waals surface area contributed by atoms with E-state index in [2.05, 4.69) is 14.9 Å². The maximum Gasteiger partial charge on any atom is 0.350 e. The molecule has 0 radical (unpaired) electrons. The van der Waals surface area contributed by atoms with Gasteiger partial charge in [-0.25, -0.2) is 17.5 Å². The van der Waals surface area contributed by atoms with Crippen LogP contribution in [0, 0.1) is 11.7 Å². The Labute approximate surface area is 197 Å². The van der Waals surface area contributed by atoms with Crippen LogP contribution in [0.25, 0.3) is 0 Å². The minimum atomic E-state index is -4.71. The SMILES string of the molecule is O=S(=O)(NC1CCN(c2cccnn2)CC1COC1CCC(c2cccc(F)c2)CC1)C(F)F. The molecule has 2 unspecified atom stereocenters. The summed E-state index contributed by atoms with van der Waals surface area (Å²) in [5, 5.41) is 7.99. The maximum atomic E-state index is 13.6. The van der Waals surface area contributed by atoms with Crippen molar-refractivity contribution in [1.29, 1.82) is 0 Å². The second-order valence-corrected chi connectivity index (χ2v) is 10.7. The van der Waals surface area contributed by atoms with Crippen LogP contribution in [0.3, 0.4) is 0 Å². The third kappa shape index (κ3) is 6.25. The van der Waals surface area contributed by atoms with Gasteiger partial charge in [-0.1, -0.05) is 12.1 Å². The van der Waals surface area contributed by atoms with Crippen molar-refractivity contribution in [3.63, 3.8) is 0 Å². The van der Waals surface area contributed by atoms with Crippen molar-refractivity contribution >= 4 is 15.8 Å². The van der Waals surface area contributed by atoms with Crippen LogP contribution >= 0.6 is 0 Å². The number of rotatable bonds is 8. The Morgan fingerprint density at radius 3 is 2.59 bits per heavy atom. The topological polar surface area (TPSA) is 84.4 Å². The van der Waals surface area contributed by atoms with Crippen molar-refractivity contribution in [3.8, 4) is 0 Å². The lowest BCUT2D eigenvalue weighted by atomic mass is 9.82. The Morgan fingerprint density at radius 1 is 1.12 bits per heavy atom. The molecule has 34 heavy (non-hydrogen) atoms. The Bertz CT molecular complexity index is 1040. The van der Waals surface area contributed by atoms with E-state index in [1.807, 2.05) is 17.0 Å². The minimum Gasteiger partial charge on any atom is -0.378 e. The van der Waals surface area contributed by atoms with Gasteiger partial charge in [0.25, 0.3) is 10.0 Å². The van der Waals surface area contributed by atoms with Crippen molar-refractivity contribution in [2.24, 2.45) is 5.92 Å². The average Bonchev–Trinajstić information content (AvgIpc) is 2.84. The number of alkyl halides is 2. The molecule has 2 fully saturated rings. The van der Waals surface area contributed by atoms with E-state index in [0.29, 0.717) is 25.3 Å². The van der Waals surface area contributed by atoms with Gasteiger partial charge in [0.2, 0.25) is 0 Å². The van der Waals surface area contributed by atoms with Gasteiger partial charge >= 0.3 is 5.76 Å². The molecule has 4 rings (SSSR count). The lowest BCUT2D eigenvalue weighted by Gasteiger charge is -2.40. The highest BCUT2D eigenvalue weighted by Gasteiger charge is 2.36. The Hall–Kier alpha value is -2.24. The van der Waals surface area contributed by atoms with Crippen LogP contribution in [-0.4, -0.2) is 56.2 Å². The summed E-state index contributed by atoms with van der Waals surface area (Å²) in [6.45, 7) is 1.11. The monoisotopic (exact) mass is 498 g/mol. The van der Waals surface area contributed by atoms with E-state index in [4.69, 9.17) is 4.74 Å². The summed E-state index contributed by atoms with van der Waals surface area (Å²) in [5.41, 5.74) is 0.992. The average molecular weight is 499 g/mol. The van der Waals surface area contributed by atoms with Crippen LogP contribution in [0.5, 0.6) is 0 Å². The van der Waals surface area contributed by atoms with Gasteiger partial charge in [0.15, 0.2) is 5.82 Å². The van der Waals surface area contributed by atoms with Crippen molar-refractivity contribution < 1.29 is 26.3 Å². The lowest BCUT2D eigenvalue weighted by Crippen LogP contribution is -2.53. The molecule has 0 spiro atoms. The first-order valence-corrected chi connectivity index (χ1v) is 13.1. The van der Waals surface area contributed by atoms with E-state index in [9.17, 15) is 21.6 Å². The predicted octanol–water partition coefficient (Wildman–Crippen LogP) is 3.70. The molecule has 0 amide bonds. The molecule has 11 heteroatoms. The number of piperidine rings is 1. The molecule has 2 heterocycles. The van der Waals surface area contributed by atoms with E-state index in [-0.39, 0.29) is 30.4 Å². The van der Waals surface area contributed by atoms with Crippen LogP contribution in [-0.2, 0) is 14.8 Å². The van der Waals surface area contributed by atoms with Gasteiger partial charge in [-0.15, -0.1) is 5.10 Å². The number of halogens is 3. The molecule has 1 aromatic heterocycles. The summed E-state index contributed by atoms with van der Waals surface area (Å²) in [4.78, 5) is 1.97. The first kappa shape index (κ1) is 24.9. The molecular weight excluding hydrogens is 469 g/mol. The van der Waals surface area contributed by atoms with Gasteiger partial charge in [-0.05, 0) is 67.9 Å². The van der Waals surface area contributed by atoms with E-state index in [1.165, 1.54) is 6.07 Å². The van der Waals surface area contributed by atoms with Crippen LogP contribution in [0.2, 0.25) is 0 Å².